The quantitative estimate of drug-likeness (QED) is 0.827. The Kier molecular flexibility index (Phi) is 2.69. The van der Waals surface area contributed by atoms with E-state index < -0.39 is 0 Å². The van der Waals surface area contributed by atoms with Crippen molar-refractivity contribution in [3.05, 3.63) is 18.0 Å². The van der Waals surface area contributed by atoms with Gasteiger partial charge >= 0.3 is 0 Å². The summed E-state index contributed by atoms with van der Waals surface area (Å²) in [5.41, 5.74) is 1.25. The van der Waals surface area contributed by atoms with Crippen LogP contribution in [0, 0.1) is 5.92 Å². The summed E-state index contributed by atoms with van der Waals surface area (Å²) in [4.78, 5) is 0. The minimum Gasteiger partial charge on any atom is -0.376 e. The molecule has 1 aromatic heterocycles. The maximum atomic E-state index is 5.80. The van der Waals surface area contributed by atoms with E-state index in [-0.39, 0.29) is 0 Å². The molecule has 1 saturated carbocycles. The third-order valence-electron chi connectivity index (χ3n) is 3.55. The van der Waals surface area contributed by atoms with Gasteiger partial charge in [-0.3, -0.25) is 4.68 Å². The van der Waals surface area contributed by atoms with Crippen molar-refractivity contribution in [2.45, 2.75) is 38.0 Å². The van der Waals surface area contributed by atoms with Crippen molar-refractivity contribution in [1.82, 2.24) is 15.1 Å². The highest BCUT2D eigenvalue weighted by Gasteiger charge is 2.40. The molecule has 2 aliphatic rings. The van der Waals surface area contributed by atoms with Gasteiger partial charge in [-0.05, 0) is 25.2 Å². The van der Waals surface area contributed by atoms with E-state index in [2.05, 4.69) is 16.6 Å². The van der Waals surface area contributed by atoms with Gasteiger partial charge in [-0.2, -0.15) is 5.10 Å². The van der Waals surface area contributed by atoms with Crippen LogP contribution in [-0.4, -0.2) is 28.5 Å². The van der Waals surface area contributed by atoms with E-state index >= 15 is 0 Å². The first-order valence-electron chi connectivity index (χ1n) is 6.15. The molecular weight excluding hydrogens is 202 g/mol. The van der Waals surface area contributed by atoms with Crippen LogP contribution >= 0.6 is 0 Å². The Bertz CT molecular complexity index is 359. The summed E-state index contributed by atoms with van der Waals surface area (Å²) >= 11 is 0. The van der Waals surface area contributed by atoms with Crippen molar-refractivity contribution in [2.75, 3.05) is 6.61 Å². The summed E-state index contributed by atoms with van der Waals surface area (Å²) < 4.78 is 7.65. The van der Waals surface area contributed by atoms with Gasteiger partial charge in [0.1, 0.15) is 0 Å². The molecule has 3 rings (SSSR count). The molecule has 4 nitrogen and oxygen atoms in total. The summed E-state index contributed by atoms with van der Waals surface area (Å²) in [7, 11) is 1.95. The Morgan fingerprint density at radius 1 is 1.50 bits per heavy atom. The molecule has 4 heteroatoms. The fraction of sp³-hybridized carbons (Fsp3) is 0.750. The largest absolute Gasteiger partial charge is 0.376 e. The summed E-state index contributed by atoms with van der Waals surface area (Å²) in [5, 5.41) is 7.78. The molecule has 2 unspecified atom stereocenters. The standard InChI is InChI=1S/C12H19N3O/c1-15-8-9(7-14-15)6-13-11-4-5-16-12(11)10-2-3-10/h7-8,10-13H,2-6H2,1H3. The maximum Gasteiger partial charge on any atom is 0.0757 e. The zero-order chi connectivity index (χ0) is 11.0. The molecule has 1 aliphatic carbocycles. The molecule has 2 heterocycles. The lowest BCUT2D eigenvalue weighted by atomic mass is 10.1. The Balaban J connectivity index is 1.54. The van der Waals surface area contributed by atoms with Crippen LogP contribution in [0.1, 0.15) is 24.8 Å². The molecule has 1 aromatic rings. The van der Waals surface area contributed by atoms with E-state index in [4.69, 9.17) is 4.74 Å². The SMILES string of the molecule is Cn1cc(CNC2CCOC2C2CC2)cn1. The van der Waals surface area contributed by atoms with E-state index in [1.165, 1.54) is 18.4 Å². The number of aryl methyl sites for hydroxylation is 1. The molecule has 2 atom stereocenters. The van der Waals surface area contributed by atoms with Crippen LogP contribution in [0.2, 0.25) is 0 Å². The molecule has 1 saturated heterocycles. The number of aromatic nitrogens is 2. The minimum absolute atomic E-state index is 0.469. The van der Waals surface area contributed by atoms with Gasteiger partial charge in [0.25, 0.3) is 0 Å². The highest BCUT2D eigenvalue weighted by molar-refractivity contribution is 5.04. The van der Waals surface area contributed by atoms with Crippen molar-refractivity contribution in [3.63, 3.8) is 0 Å². The second-order valence-electron chi connectivity index (χ2n) is 4.97. The van der Waals surface area contributed by atoms with Crippen LogP contribution in [0.15, 0.2) is 12.4 Å². The lowest BCUT2D eigenvalue weighted by Crippen LogP contribution is -2.37. The third kappa shape index (κ3) is 2.13. The Labute approximate surface area is 96.0 Å². The average Bonchev–Trinajstić information content (AvgIpc) is 2.86. The molecule has 0 aromatic carbocycles. The number of nitrogens with zero attached hydrogens (tertiary/aromatic N) is 2. The Morgan fingerprint density at radius 3 is 3.06 bits per heavy atom. The van der Waals surface area contributed by atoms with Crippen LogP contribution in [0.5, 0.6) is 0 Å². The highest BCUT2D eigenvalue weighted by Crippen LogP contribution is 2.38. The number of hydrogen-bond donors (Lipinski definition) is 1. The van der Waals surface area contributed by atoms with Crippen molar-refractivity contribution in [2.24, 2.45) is 13.0 Å². The van der Waals surface area contributed by atoms with Crippen molar-refractivity contribution in [1.29, 1.82) is 0 Å². The molecule has 16 heavy (non-hydrogen) atoms. The second-order valence-corrected chi connectivity index (χ2v) is 4.97. The van der Waals surface area contributed by atoms with E-state index in [0.717, 1.165) is 25.5 Å². The van der Waals surface area contributed by atoms with Crippen LogP contribution in [-0.2, 0) is 18.3 Å². The van der Waals surface area contributed by atoms with Crippen LogP contribution in [0.25, 0.3) is 0 Å². The lowest BCUT2D eigenvalue weighted by Gasteiger charge is -2.18. The first-order chi connectivity index (χ1) is 7.83. The number of hydrogen-bond acceptors (Lipinski definition) is 3. The van der Waals surface area contributed by atoms with Gasteiger partial charge in [-0.1, -0.05) is 0 Å². The number of ether oxygens (including phenoxy) is 1. The molecule has 1 N–H and O–H groups in total. The predicted octanol–water partition coefficient (Wildman–Crippen LogP) is 1.08. The molecule has 88 valence electrons. The highest BCUT2D eigenvalue weighted by atomic mass is 16.5. The third-order valence-corrected chi connectivity index (χ3v) is 3.55. The Hall–Kier alpha value is -0.870. The van der Waals surface area contributed by atoms with Crippen LogP contribution in [0.4, 0.5) is 0 Å². The average molecular weight is 221 g/mol. The minimum atomic E-state index is 0.469. The monoisotopic (exact) mass is 221 g/mol. The van der Waals surface area contributed by atoms with E-state index in [1.807, 2.05) is 17.9 Å². The van der Waals surface area contributed by atoms with Gasteiger partial charge in [0.2, 0.25) is 0 Å². The predicted molar refractivity (Wildman–Crippen MR) is 60.9 cm³/mol. The fourth-order valence-corrected chi connectivity index (χ4v) is 2.53. The molecule has 1 aliphatic heterocycles. The zero-order valence-electron chi connectivity index (χ0n) is 9.72. The lowest BCUT2D eigenvalue weighted by molar-refractivity contribution is 0.0809. The van der Waals surface area contributed by atoms with Crippen LogP contribution < -0.4 is 5.32 Å². The van der Waals surface area contributed by atoms with Crippen molar-refractivity contribution >= 4 is 0 Å². The normalized spacial score (nSPS) is 29.8. The fourth-order valence-electron chi connectivity index (χ4n) is 2.53. The molecule has 0 spiro atoms. The van der Waals surface area contributed by atoms with Gasteiger partial charge in [-0.15, -0.1) is 0 Å². The number of nitrogens with one attached hydrogen (secondary N) is 1. The second kappa shape index (κ2) is 4.18. The summed E-state index contributed by atoms with van der Waals surface area (Å²) in [5.74, 6) is 0.828. The molecule has 2 fully saturated rings. The van der Waals surface area contributed by atoms with E-state index in [1.54, 1.807) is 0 Å². The maximum absolute atomic E-state index is 5.80. The smallest absolute Gasteiger partial charge is 0.0757 e. The molecule has 0 radical (unpaired) electrons. The van der Waals surface area contributed by atoms with Crippen molar-refractivity contribution in [3.8, 4) is 0 Å². The first-order valence-corrected chi connectivity index (χ1v) is 6.15. The first kappa shape index (κ1) is 10.3. The van der Waals surface area contributed by atoms with E-state index in [9.17, 15) is 0 Å². The van der Waals surface area contributed by atoms with Crippen LogP contribution in [0.3, 0.4) is 0 Å². The summed E-state index contributed by atoms with van der Waals surface area (Å²) in [6.07, 6.45) is 8.33. The zero-order valence-corrected chi connectivity index (χ0v) is 9.72. The molecular formula is C12H19N3O. The summed E-state index contributed by atoms with van der Waals surface area (Å²) in [6, 6.07) is 0.549. The van der Waals surface area contributed by atoms with Gasteiger partial charge in [0.05, 0.1) is 12.3 Å². The molecule has 0 amide bonds. The number of rotatable bonds is 4. The topological polar surface area (TPSA) is 39.1 Å². The summed E-state index contributed by atoms with van der Waals surface area (Å²) in [6.45, 7) is 1.83. The van der Waals surface area contributed by atoms with E-state index in [0.29, 0.717) is 12.1 Å². The molecule has 0 bridgehead atoms. The van der Waals surface area contributed by atoms with Gasteiger partial charge < -0.3 is 10.1 Å². The van der Waals surface area contributed by atoms with Gasteiger partial charge in [0.15, 0.2) is 0 Å². The van der Waals surface area contributed by atoms with Gasteiger partial charge in [0, 0.05) is 38.0 Å². The van der Waals surface area contributed by atoms with Crippen molar-refractivity contribution < 1.29 is 4.74 Å². The Morgan fingerprint density at radius 2 is 2.38 bits per heavy atom. The van der Waals surface area contributed by atoms with Gasteiger partial charge in [-0.25, -0.2) is 0 Å².